The molecule has 1 amide bonds. The van der Waals surface area contributed by atoms with Crippen molar-refractivity contribution >= 4 is 28.2 Å². The predicted molar refractivity (Wildman–Crippen MR) is 98.2 cm³/mol. The Labute approximate surface area is 156 Å². The summed E-state index contributed by atoms with van der Waals surface area (Å²) in [6.07, 6.45) is 1.95. The molecule has 0 atom stereocenters. The van der Waals surface area contributed by atoms with Crippen molar-refractivity contribution < 1.29 is 23.8 Å². The molecule has 8 heteroatoms. The molecule has 142 valence electrons. The summed E-state index contributed by atoms with van der Waals surface area (Å²) in [6.45, 7) is 9.04. The first-order chi connectivity index (χ1) is 12.1. The lowest BCUT2D eigenvalue weighted by Crippen LogP contribution is -2.55. The van der Waals surface area contributed by atoms with Crippen LogP contribution in [0.2, 0.25) is 0 Å². The van der Waals surface area contributed by atoms with Gasteiger partial charge in [0.25, 0.3) is 5.91 Å². The average Bonchev–Trinajstić information content (AvgIpc) is 2.91. The van der Waals surface area contributed by atoms with E-state index in [0.29, 0.717) is 30.2 Å². The fourth-order valence-corrected chi connectivity index (χ4v) is 4.85. The zero-order chi connectivity index (χ0) is 19.1. The van der Waals surface area contributed by atoms with Crippen LogP contribution in [0, 0.1) is 0 Å². The lowest BCUT2D eigenvalue weighted by Gasteiger charge is -2.42. The number of hydrogen-bond acceptors (Lipinski definition) is 7. The minimum absolute atomic E-state index is 0.0937. The van der Waals surface area contributed by atoms with Gasteiger partial charge in [0.2, 0.25) is 5.76 Å². The number of rotatable bonds is 3. The number of nitrogens with one attached hydrogen (secondary N) is 2. The van der Waals surface area contributed by atoms with Crippen LogP contribution in [0.15, 0.2) is 12.0 Å². The van der Waals surface area contributed by atoms with Gasteiger partial charge in [-0.25, -0.2) is 4.79 Å². The monoisotopic (exact) mass is 380 g/mol. The van der Waals surface area contributed by atoms with Crippen molar-refractivity contribution in [3.8, 4) is 0 Å². The highest BCUT2D eigenvalue weighted by molar-refractivity contribution is 7.17. The zero-order valence-electron chi connectivity index (χ0n) is 15.6. The maximum atomic E-state index is 12.5. The second-order valence-corrected chi connectivity index (χ2v) is 8.59. The molecule has 0 saturated heterocycles. The van der Waals surface area contributed by atoms with Crippen molar-refractivity contribution in [3.05, 3.63) is 28.0 Å². The minimum Gasteiger partial charge on any atom is -0.494 e. The van der Waals surface area contributed by atoms with E-state index in [1.54, 1.807) is 0 Å². The van der Waals surface area contributed by atoms with Crippen LogP contribution >= 0.6 is 11.3 Å². The fourth-order valence-electron chi connectivity index (χ4n) is 3.59. The molecule has 3 heterocycles. The van der Waals surface area contributed by atoms with Gasteiger partial charge in [-0.3, -0.25) is 4.79 Å². The first-order valence-corrected chi connectivity index (χ1v) is 9.26. The van der Waals surface area contributed by atoms with E-state index in [1.165, 1.54) is 24.7 Å². The molecule has 0 bridgehead atoms. The van der Waals surface area contributed by atoms with Gasteiger partial charge >= 0.3 is 5.97 Å². The van der Waals surface area contributed by atoms with Crippen LogP contribution < -0.4 is 10.6 Å². The molecule has 0 spiro atoms. The van der Waals surface area contributed by atoms with E-state index in [9.17, 15) is 9.59 Å². The first kappa shape index (κ1) is 18.7. The number of carbonyl (C=O) groups is 2. The van der Waals surface area contributed by atoms with E-state index in [-0.39, 0.29) is 16.8 Å². The van der Waals surface area contributed by atoms with Crippen molar-refractivity contribution in [2.45, 2.75) is 45.2 Å². The highest BCUT2D eigenvalue weighted by atomic mass is 32.1. The second-order valence-electron chi connectivity index (χ2n) is 7.57. The van der Waals surface area contributed by atoms with Crippen LogP contribution in [0.25, 0.3) is 0 Å². The summed E-state index contributed by atoms with van der Waals surface area (Å²) in [5, 5.41) is 6.85. The smallest absolute Gasteiger partial charge is 0.341 e. The Morgan fingerprint density at radius 2 is 2.00 bits per heavy atom. The molecule has 2 aliphatic heterocycles. The summed E-state index contributed by atoms with van der Waals surface area (Å²) in [5.74, 6) is -0.810. The standard InChI is InChI=1S/C18H24N2O5S/c1-17(2)8-10-12(16(22)23-5)15(26-13(10)18(3,4)20-17)19-14(21)11-9-24-6-7-25-11/h9,20H,6-8H2,1-5H3,(H,19,21). The van der Waals surface area contributed by atoms with Crippen LogP contribution in [-0.2, 0) is 31.0 Å². The Morgan fingerprint density at radius 3 is 2.62 bits per heavy atom. The van der Waals surface area contributed by atoms with Crippen LogP contribution in [0.1, 0.15) is 48.5 Å². The van der Waals surface area contributed by atoms with E-state index in [1.807, 2.05) is 0 Å². The van der Waals surface area contributed by atoms with E-state index in [0.717, 1.165) is 10.4 Å². The summed E-state index contributed by atoms with van der Waals surface area (Å²) < 4.78 is 15.4. The molecule has 26 heavy (non-hydrogen) atoms. The molecule has 0 aromatic carbocycles. The van der Waals surface area contributed by atoms with Gasteiger partial charge in [0.05, 0.1) is 12.7 Å². The minimum atomic E-state index is -0.457. The van der Waals surface area contributed by atoms with Gasteiger partial charge in [0, 0.05) is 16.0 Å². The zero-order valence-corrected chi connectivity index (χ0v) is 16.5. The van der Waals surface area contributed by atoms with Gasteiger partial charge in [-0.2, -0.15) is 0 Å². The molecular formula is C18H24N2O5S. The maximum Gasteiger partial charge on any atom is 0.341 e. The molecule has 0 radical (unpaired) electrons. The number of esters is 1. The SMILES string of the molecule is COC(=O)c1c(NC(=O)C2=COCCO2)sc2c1CC(C)(C)NC2(C)C. The van der Waals surface area contributed by atoms with Gasteiger partial charge < -0.3 is 24.8 Å². The highest BCUT2D eigenvalue weighted by Gasteiger charge is 2.42. The van der Waals surface area contributed by atoms with Crippen molar-refractivity contribution in [1.82, 2.24) is 5.32 Å². The third-order valence-corrected chi connectivity index (χ3v) is 5.80. The summed E-state index contributed by atoms with van der Waals surface area (Å²) in [5.41, 5.74) is 0.809. The van der Waals surface area contributed by atoms with Crippen LogP contribution in [0.3, 0.4) is 0 Å². The van der Waals surface area contributed by atoms with Crippen molar-refractivity contribution in [2.75, 3.05) is 25.6 Å². The first-order valence-electron chi connectivity index (χ1n) is 8.44. The van der Waals surface area contributed by atoms with E-state index < -0.39 is 11.9 Å². The highest BCUT2D eigenvalue weighted by Crippen LogP contribution is 2.45. The quantitative estimate of drug-likeness (QED) is 0.784. The van der Waals surface area contributed by atoms with Gasteiger partial charge in [-0.1, -0.05) is 0 Å². The summed E-state index contributed by atoms with van der Waals surface area (Å²) >= 11 is 1.39. The average molecular weight is 380 g/mol. The molecule has 2 N–H and O–H groups in total. The number of thiophene rings is 1. The molecule has 2 aliphatic rings. The van der Waals surface area contributed by atoms with Crippen molar-refractivity contribution in [2.24, 2.45) is 0 Å². The van der Waals surface area contributed by atoms with Gasteiger partial charge in [-0.15, -0.1) is 11.3 Å². The maximum absolute atomic E-state index is 12.5. The summed E-state index contributed by atoms with van der Waals surface area (Å²) in [4.78, 5) is 26.0. The number of carbonyl (C=O) groups excluding carboxylic acids is 2. The molecule has 0 aliphatic carbocycles. The number of amides is 1. The number of fused-ring (bicyclic) bond motifs is 1. The lowest BCUT2D eigenvalue weighted by atomic mass is 9.81. The normalized spacial score (nSPS) is 20.1. The van der Waals surface area contributed by atoms with E-state index in [4.69, 9.17) is 14.2 Å². The number of hydrogen-bond donors (Lipinski definition) is 2. The van der Waals surface area contributed by atoms with Gasteiger partial charge in [0.1, 0.15) is 24.5 Å². The molecule has 1 aromatic rings. The molecule has 1 aromatic heterocycles. The molecule has 0 fully saturated rings. The Bertz CT molecular complexity index is 779. The largest absolute Gasteiger partial charge is 0.494 e. The molecule has 7 nitrogen and oxygen atoms in total. The van der Waals surface area contributed by atoms with E-state index in [2.05, 4.69) is 38.3 Å². The predicted octanol–water partition coefficient (Wildman–Crippen LogP) is 2.52. The Balaban J connectivity index is 2.03. The van der Waals surface area contributed by atoms with E-state index >= 15 is 0 Å². The Hall–Kier alpha value is -2.06. The van der Waals surface area contributed by atoms with Crippen LogP contribution in [0.4, 0.5) is 5.00 Å². The molecular weight excluding hydrogens is 356 g/mol. The van der Waals surface area contributed by atoms with Crippen molar-refractivity contribution in [3.63, 3.8) is 0 Å². The van der Waals surface area contributed by atoms with Gasteiger partial charge in [-0.05, 0) is 39.7 Å². The summed E-state index contributed by atoms with van der Waals surface area (Å²) in [7, 11) is 1.34. The molecule has 0 unspecified atom stereocenters. The number of ether oxygens (including phenoxy) is 3. The number of anilines is 1. The molecule has 0 saturated carbocycles. The van der Waals surface area contributed by atoms with Gasteiger partial charge in [0.15, 0.2) is 0 Å². The van der Waals surface area contributed by atoms with Crippen molar-refractivity contribution in [1.29, 1.82) is 0 Å². The third-order valence-electron chi connectivity index (χ3n) is 4.33. The number of methoxy groups -OCH3 is 1. The Kier molecular flexibility index (Phi) is 4.74. The lowest BCUT2D eigenvalue weighted by molar-refractivity contribution is -0.117. The van der Waals surface area contributed by atoms with Crippen LogP contribution in [-0.4, -0.2) is 37.7 Å². The topological polar surface area (TPSA) is 85.9 Å². The second kappa shape index (κ2) is 6.59. The summed E-state index contributed by atoms with van der Waals surface area (Å²) in [6, 6.07) is 0. The third kappa shape index (κ3) is 3.43. The van der Waals surface area contributed by atoms with Crippen LogP contribution in [0.5, 0.6) is 0 Å². The Morgan fingerprint density at radius 1 is 1.27 bits per heavy atom. The molecule has 3 rings (SSSR count). The fraction of sp³-hybridized carbons (Fsp3) is 0.556.